The number of nitrogens with zero attached hydrogens (tertiary/aromatic N) is 1. The van der Waals surface area contributed by atoms with Crippen molar-refractivity contribution in [1.29, 1.82) is 0 Å². The van der Waals surface area contributed by atoms with Gasteiger partial charge in [-0.15, -0.1) is 0 Å². The van der Waals surface area contributed by atoms with Gasteiger partial charge in [0.15, 0.2) is 0 Å². The van der Waals surface area contributed by atoms with Crippen molar-refractivity contribution in [2.75, 3.05) is 18.5 Å². The Hall–Kier alpha value is -2.45. The van der Waals surface area contributed by atoms with Crippen molar-refractivity contribution in [3.8, 4) is 0 Å². The summed E-state index contributed by atoms with van der Waals surface area (Å²) < 4.78 is 36.5. The number of nitrogens with two attached hydrogens (primary N) is 1. The summed E-state index contributed by atoms with van der Waals surface area (Å²) >= 11 is 0. The SMILES string of the molecule is CC(CNC(=O)c1cc(S(N)(=O)=O)ccc1F)N(C)c1ccccc1. The number of amides is 1. The molecule has 0 heterocycles. The first-order valence-electron chi connectivity index (χ1n) is 7.58. The highest BCUT2D eigenvalue weighted by atomic mass is 32.2. The van der Waals surface area contributed by atoms with E-state index in [9.17, 15) is 17.6 Å². The number of carbonyl (C=O) groups is 1. The third-order valence-corrected chi connectivity index (χ3v) is 4.80. The van der Waals surface area contributed by atoms with Crippen LogP contribution in [0.4, 0.5) is 10.1 Å². The Morgan fingerprint density at radius 2 is 1.88 bits per heavy atom. The minimum absolute atomic E-state index is 0.0594. The Kier molecular flexibility index (Phi) is 5.76. The van der Waals surface area contributed by atoms with Gasteiger partial charge in [0.1, 0.15) is 5.82 Å². The van der Waals surface area contributed by atoms with Crippen molar-refractivity contribution in [1.82, 2.24) is 5.32 Å². The minimum Gasteiger partial charge on any atom is -0.370 e. The van der Waals surface area contributed by atoms with Crippen LogP contribution in [0.1, 0.15) is 17.3 Å². The number of hydrogen-bond acceptors (Lipinski definition) is 4. The average molecular weight is 365 g/mol. The lowest BCUT2D eigenvalue weighted by Gasteiger charge is -2.27. The van der Waals surface area contributed by atoms with E-state index in [1.165, 1.54) is 0 Å². The van der Waals surface area contributed by atoms with Crippen molar-refractivity contribution < 1.29 is 17.6 Å². The molecule has 3 N–H and O–H groups in total. The second-order valence-electron chi connectivity index (χ2n) is 5.69. The first-order valence-corrected chi connectivity index (χ1v) is 9.13. The third-order valence-electron chi connectivity index (χ3n) is 3.89. The maximum absolute atomic E-state index is 13.8. The number of hydrogen-bond donors (Lipinski definition) is 2. The van der Waals surface area contributed by atoms with E-state index >= 15 is 0 Å². The van der Waals surface area contributed by atoms with E-state index in [-0.39, 0.29) is 23.0 Å². The van der Waals surface area contributed by atoms with Gasteiger partial charge in [-0.05, 0) is 37.3 Å². The van der Waals surface area contributed by atoms with Crippen LogP contribution in [0.15, 0.2) is 53.4 Å². The Morgan fingerprint density at radius 1 is 1.24 bits per heavy atom. The molecule has 0 radical (unpaired) electrons. The van der Waals surface area contributed by atoms with E-state index in [4.69, 9.17) is 5.14 Å². The Labute approximate surface area is 146 Å². The number of benzene rings is 2. The predicted octanol–water partition coefficient (Wildman–Crippen LogP) is 1.73. The van der Waals surface area contributed by atoms with Gasteiger partial charge in [-0.25, -0.2) is 17.9 Å². The number of anilines is 1. The quantitative estimate of drug-likeness (QED) is 0.815. The summed E-state index contributed by atoms with van der Waals surface area (Å²) in [5, 5.41) is 7.63. The number of halogens is 1. The lowest BCUT2D eigenvalue weighted by Crippen LogP contribution is -2.40. The molecule has 0 aliphatic carbocycles. The molecule has 1 unspecified atom stereocenters. The summed E-state index contributed by atoms with van der Waals surface area (Å²) in [7, 11) is -2.13. The van der Waals surface area contributed by atoms with Crippen LogP contribution in [-0.4, -0.2) is 34.0 Å². The summed E-state index contributed by atoms with van der Waals surface area (Å²) in [6.45, 7) is 2.16. The molecule has 25 heavy (non-hydrogen) atoms. The van der Waals surface area contributed by atoms with Gasteiger partial charge in [0.05, 0.1) is 10.5 Å². The van der Waals surface area contributed by atoms with Crippen LogP contribution in [0.3, 0.4) is 0 Å². The van der Waals surface area contributed by atoms with Crippen LogP contribution < -0.4 is 15.4 Å². The molecule has 0 fully saturated rings. The number of sulfonamides is 1. The predicted molar refractivity (Wildman–Crippen MR) is 94.4 cm³/mol. The zero-order chi connectivity index (χ0) is 18.6. The number of primary sulfonamides is 1. The molecule has 0 bridgehead atoms. The lowest BCUT2D eigenvalue weighted by molar-refractivity contribution is 0.0947. The maximum atomic E-state index is 13.8. The maximum Gasteiger partial charge on any atom is 0.254 e. The molecule has 2 rings (SSSR count). The van der Waals surface area contributed by atoms with E-state index in [1.54, 1.807) is 0 Å². The molecule has 0 aliphatic heterocycles. The highest BCUT2D eigenvalue weighted by Crippen LogP contribution is 2.15. The van der Waals surface area contributed by atoms with Gasteiger partial charge < -0.3 is 10.2 Å². The van der Waals surface area contributed by atoms with Crippen LogP contribution in [0, 0.1) is 5.82 Å². The van der Waals surface area contributed by atoms with Gasteiger partial charge in [0.25, 0.3) is 5.91 Å². The van der Waals surface area contributed by atoms with Crippen LogP contribution in [-0.2, 0) is 10.0 Å². The molecule has 1 atom stereocenters. The Balaban J connectivity index is 2.07. The molecule has 1 amide bonds. The summed E-state index contributed by atoms with van der Waals surface area (Å²) in [6.07, 6.45) is 0. The fraction of sp³-hybridized carbons (Fsp3) is 0.235. The topological polar surface area (TPSA) is 92.5 Å². The second-order valence-corrected chi connectivity index (χ2v) is 7.25. The summed E-state index contributed by atoms with van der Waals surface area (Å²) in [5.74, 6) is -1.51. The van der Waals surface area contributed by atoms with E-state index in [1.807, 2.05) is 49.2 Å². The largest absolute Gasteiger partial charge is 0.370 e. The highest BCUT2D eigenvalue weighted by Gasteiger charge is 2.18. The number of nitrogens with one attached hydrogen (secondary N) is 1. The standard InChI is InChI=1S/C17H20FN3O3S/c1-12(21(2)13-6-4-3-5-7-13)11-20-17(22)15-10-14(25(19,23)24)8-9-16(15)18/h3-10,12H,11H2,1-2H3,(H,20,22)(H2,19,23,24). The smallest absolute Gasteiger partial charge is 0.254 e. The summed E-state index contributed by atoms with van der Waals surface area (Å²) in [5.41, 5.74) is 0.618. The highest BCUT2D eigenvalue weighted by molar-refractivity contribution is 7.89. The van der Waals surface area contributed by atoms with Crippen molar-refractivity contribution in [2.24, 2.45) is 5.14 Å². The first kappa shape index (κ1) is 18.9. The molecule has 0 saturated carbocycles. The zero-order valence-corrected chi connectivity index (χ0v) is 14.8. The molecular formula is C17H20FN3O3S. The molecule has 6 nitrogen and oxygen atoms in total. The summed E-state index contributed by atoms with van der Waals surface area (Å²) in [4.78, 5) is 13.9. The molecular weight excluding hydrogens is 345 g/mol. The number of likely N-dealkylation sites (N-methyl/N-ethyl adjacent to an activating group) is 1. The van der Waals surface area contributed by atoms with E-state index in [0.717, 1.165) is 23.9 Å². The van der Waals surface area contributed by atoms with Crippen molar-refractivity contribution in [3.05, 3.63) is 59.9 Å². The minimum atomic E-state index is -4.01. The van der Waals surface area contributed by atoms with E-state index < -0.39 is 21.7 Å². The van der Waals surface area contributed by atoms with Crippen LogP contribution in [0.2, 0.25) is 0 Å². The van der Waals surface area contributed by atoms with Gasteiger partial charge in [-0.3, -0.25) is 4.79 Å². The fourth-order valence-electron chi connectivity index (χ4n) is 2.25. The molecule has 0 aliphatic rings. The molecule has 0 aromatic heterocycles. The van der Waals surface area contributed by atoms with Crippen molar-refractivity contribution in [2.45, 2.75) is 17.9 Å². The molecule has 134 valence electrons. The van der Waals surface area contributed by atoms with Crippen molar-refractivity contribution >= 4 is 21.6 Å². The number of para-hydroxylation sites is 1. The first-order chi connectivity index (χ1) is 11.7. The van der Waals surface area contributed by atoms with Crippen molar-refractivity contribution in [3.63, 3.8) is 0 Å². The molecule has 0 saturated heterocycles. The Bertz CT molecular complexity index is 857. The molecule has 0 spiro atoms. The third kappa shape index (κ3) is 4.77. The number of rotatable bonds is 6. The van der Waals surface area contributed by atoms with Gasteiger partial charge in [0.2, 0.25) is 10.0 Å². The zero-order valence-electron chi connectivity index (χ0n) is 13.9. The lowest BCUT2D eigenvalue weighted by atomic mass is 10.2. The molecule has 8 heteroatoms. The Morgan fingerprint density at radius 3 is 2.48 bits per heavy atom. The van der Waals surface area contributed by atoms with E-state index in [2.05, 4.69) is 5.32 Å². The normalized spacial score (nSPS) is 12.5. The van der Waals surface area contributed by atoms with Crippen LogP contribution in [0.5, 0.6) is 0 Å². The fourth-order valence-corrected chi connectivity index (χ4v) is 2.79. The molecule has 2 aromatic rings. The molecule has 2 aromatic carbocycles. The average Bonchev–Trinajstić information content (AvgIpc) is 2.58. The monoisotopic (exact) mass is 365 g/mol. The second kappa shape index (κ2) is 7.62. The van der Waals surface area contributed by atoms with Gasteiger partial charge >= 0.3 is 0 Å². The van der Waals surface area contributed by atoms with Crippen LogP contribution >= 0.6 is 0 Å². The number of carbonyl (C=O) groups excluding carboxylic acids is 1. The van der Waals surface area contributed by atoms with Gasteiger partial charge in [0, 0.05) is 25.3 Å². The van der Waals surface area contributed by atoms with E-state index in [0.29, 0.717) is 0 Å². The van der Waals surface area contributed by atoms with Gasteiger partial charge in [-0.2, -0.15) is 0 Å². The van der Waals surface area contributed by atoms with Crippen LogP contribution in [0.25, 0.3) is 0 Å². The summed E-state index contributed by atoms with van der Waals surface area (Å²) in [6, 6.07) is 12.4. The van der Waals surface area contributed by atoms with Gasteiger partial charge in [-0.1, -0.05) is 18.2 Å².